The van der Waals surface area contributed by atoms with Crippen molar-refractivity contribution in [3.63, 3.8) is 0 Å². The number of rotatable bonds is 5. The highest BCUT2D eigenvalue weighted by atomic mass is 16.5. The summed E-state index contributed by atoms with van der Waals surface area (Å²) in [4.78, 5) is 17.8. The zero-order valence-electron chi connectivity index (χ0n) is 20.1. The molecule has 2 saturated heterocycles. The number of para-hydroxylation sites is 2. The van der Waals surface area contributed by atoms with Crippen LogP contribution in [-0.2, 0) is 23.9 Å². The van der Waals surface area contributed by atoms with E-state index in [4.69, 9.17) is 19.7 Å². The van der Waals surface area contributed by atoms with Crippen LogP contribution in [0.15, 0.2) is 24.3 Å². The van der Waals surface area contributed by atoms with Gasteiger partial charge in [0, 0.05) is 26.6 Å². The van der Waals surface area contributed by atoms with Crippen LogP contribution in [0.25, 0.3) is 11.2 Å². The van der Waals surface area contributed by atoms with Crippen molar-refractivity contribution in [2.45, 2.75) is 38.3 Å². The van der Waals surface area contributed by atoms with Crippen molar-refractivity contribution in [2.24, 2.45) is 13.0 Å². The first-order valence-electron chi connectivity index (χ1n) is 12.6. The van der Waals surface area contributed by atoms with E-state index in [-0.39, 0.29) is 0 Å². The zero-order chi connectivity index (χ0) is 23.1. The molecule has 5 heterocycles. The third kappa shape index (κ3) is 3.67. The molecule has 1 aromatic carbocycles. The van der Waals surface area contributed by atoms with E-state index in [9.17, 15) is 0 Å². The first-order valence-corrected chi connectivity index (χ1v) is 12.6. The van der Waals surface area contributed by atoms with Gasteiger partial charge in [-0.25, -0.2) is 15.0 Å². The Kier molecular flexibility index (Phi) is 5.53. The van der Waals surface area contributed by atoms with Crippen molar-refractivity contribution >= 4 is 28.4 Å². The number of imidazole rings is 1. The summed E-state index contributed by atoms with van der Waals surface area (Å²) in [5, 5.41) is 10.8. The molecule has 0 saturated carbocycles. The van der Waals surface area contributed by atoms with Gasteiger partial charge in [-0.2, -0.15) is 0 Å². The number of fused-ring (bicyclic) bond motifs is 2. The zero-order valence-corrected chi connectivity index (χ0v) is 20.1. The monoisotopic (exact) mass is 462 g/mol. The predicted octanol–water partition coefficient (Wildman–Crippen LogP) is 2.84. The van der Waals surface area contributed by atoms with Gasteiger partial charge in [-0.3, -0.25) is 0 Å². The van der Waals surface area contributed by atoms with E-state index in [2.05, 4.69) is 63.7 Å². The minimum Gasteiger partial charge on any atom is -0.378 e. The van der Waals surface area contributed by atoms with E-state index in [1.165, 1.54) is 12.8 Å². The molecule has 3 aliphatic rings. The summed E-state index contributed by atoms with van der Waals surface area (Å²) in [7, 11) is 2.11. The molecule has 34 heavy (non-hydrogen) atoms. The molecule has 6 rings (SSSR count). The standard InChI is InChI=1S/C25H34N8O/c1-3-25(30-18-6-4-5-7-19(18)31-25)24-28-22-21(23(29-24)33-12-14-34-15-13-33)27-20(32(22)2)16-17-8-10-26-11-9-17/h4-7,17,26,30-31H,3,8-16H2,1-2H3. The normalized spacial score (nSPS) is 20.2. The van der Waals surface area contributed by atoms with Crippen LogP contribution >= 0.6 is 0 Å². The molecule has 0 radical (unpaired) electrons. The lowest BCUT2D eigenvalue weighted by Gasteiger charge is -2.31. The molecule has 0 spiro atoms. The molecule has 0 atom stereocenters. The van der Waals surface area contributed by atoms with Gasteiger partial charge in [0.15, 0.2) is 28.5 Å². The quantitative estimate of drug-likeness (QED) is 0.533. The van der Waals surface area contributed by atoms with E-state index >= 15 is 0 Å². The molecule has 0 bridgehead atoms. The van der Waals surface area contributed by atoms with Crippen LogP contribution in [0.5, 0.6) is 0 Å². The fourth-order valence-corrected chi connectivity index (χ4v) is 5.44. The lowest BCUT2D eigenvalue weighted by Crippen LogP contribution is -2.41. The van der Waals surface area contributed by atoms with Gasteiger partial charge in [-0.15, -0.1) is 0 Å². The largest absolute Gasteiger partial charge is 0.378 e. The Morgan fingerprint density at radius 2 is 1.74 bits per heavy atom. The number of piperidine rings is 1. The van der Waals surface area contributed by atoms with Crippen molar-refractivity contribution < 1.29 is 4.74 Å². The summed E-state index contributed by atoms with van der Waals surface area (Å²) < 4.78 is 7.83. The van der Waals surface area contributed by atoms with Crippen LogP contribution in [0.4, 0.5) is 17.2 Å². The average molecular weight is 463 g/mol. The molecule has 3 aromatic rings. The van der Waals surface area contributed by atoms with E-state index in [1.807, 2.05) is 0 Å². The van der Waals surface area contributed by atoms with Crippen LogP contribution in [0, 0.1) is 5.92 Å². The number of anilines is 3. The van der Waals surface area contributed by atoms with Crippen LogP contribution in [0.2, 0.25) is 0 Å². The topological polar surface area (TPSA) is 92.2 Å². The molecule has 2 aromatic heterocycles. The number of morpholine rings is 1. The molecule has 9 heteroatoms. The second-order valence-electron chi connectivity index (χ2n) is 9.68. The summed E-state index contributed by atoms with van der Waals surface area (Å²) in [5.74, 6) is 3.44. The fraction of sp³-hybridized carbons (Fsp3) is 0.560. The second kappa shape index (κ2) is 8.70. The number of hydrogen-bond donors (Lipinski definition) is 3. The maximum Gasteiger partial charge on any atom is 0.179 e. The van der Waals surface area contributed by atoms with Crippen molar-refractivity contribution in [3.05, 3.63) is 35.9 Å². The molecular formula is C25H34N8O. The minimum atomic E-state index is -0.557. The highest BCUT2D eigenvalue weighted by Gasteiger charge is 2.40. The van der Waals surface area contributed by atoms with Crippen molar-refractivity contribution in [3.8, 4) is 0 Å². The third-order valence-electron chi connectivity index (χ3n) is 7.57. The second-order valence-corrected chi connectivity index (χ2v) is 9.68. The molecule has 0 aliphatic carbocycles. The molecule has 2 fully saturated rings. The lowest BCUT2D eigenvalue weighted by atomic mass is 9.94. The van der Waals surface area contributed by atoms with Crippen LogP contribution < -0.4 is 20.9 Å². The number of nitrogens with zero attached hydrogens (tertiary/aromatic N) is 5. The van der Waals surface area contributed by atoms with E-state index in [1.54, 1.807) is 0 Å². The smallest absolute Gasteiger partial charge is 0.179 e. The van der Waals surface area contributed by atoms with Gasteiger partial charge in [-0.05, 0) is 50.4 Å². The van der Waals surface area contributed by atoms with Crippen molar-refractivity contribution in [2.75, 3.05) is 54.9 Å². The molecule has 180 valence electrons. The summed E-state index contributed by atoms with van der Waals surface area (Å²) in [6.45, 7) is 7.38. The number of ether oxygens (including phenoxy) is 1. The Hall–Kier alpha value is -2.91. The molecule has 9 nitrogen and oxygen atoms in total. The Bertz CT molecular complexity index is 1150. The van der Waals surface area contributed by atoms with E-state index in [0.717, 1.165) is 79.0 Å². The molecule has 0 unspecified atom stereocenters. The number of hydrogen-bond acceptors (Lipinski definition) is 8. The van der Waals surface area contributed by atoms with E-state index < -0.39 is 5.66 Å². The number of aromatic nitrogens is 4. The predicted molar refractivity (Wildman–Crippen MR) is 134 cm³/mol. The molecule has 3 aliphatic heterocycles. The SMILES string of the molecule is CCC1(c2nc(N3CCOCC3)c3nc(CC4CCNCC4)n(C)c3n2)Nc2ccccc2N1. The first-order chi connectivity index (χ1) is 16.7. The Balaban J connectivity index is 1.45. The van der Waals surface area contributed by atoms with Crippen LogP contribution in [-0.4, -0.2) is 58.9 Å². The van der Waals surface area contributed by atoms with Gasteiger partial charge < -0.3 is 30.2 Å². The summed E-state index contributed by atoms with van der Waals surface area (Å²) in [6, 6.07) is 8.30. The summed E-state index contributed by atoms with van der Waals surface area (Å²) >= 11 is 0. The Labute approximate surface area is 200 Å². The fourth-order valence-electron chi connectivity index (χ4n) is 5.44. The van der Waals surface area contributed by atoms with Crippen molar-refractivity contribution in [1.82, 2.24) is 24.8 Å². The van der Waals surface area contributed by atoms with E-state index in [0.29, 0.717) is 19.1 Å². The highest BCUT2D eigenvalue weighted by Crippen LogP contribution is 2.41. The van der Waals surface area contributed by atoms with Gasteiger partial charge in [0.1, 0.15) is 5.82 Å². The maximum absolute atomic E-state index is 5.63. The van der Waals surface area contributed by atoms with Gasteiger partial charge >= 0.3 is 0 Å². The summed E-state index contributed by atoms with van der Waals surface area (Å²) in [5.41, 5.74) is 3.41. The van der Waals surface area contributed by atoms with Gasteiger partial charge in [0.05, 0.1) is 24.6 Å². The van der Waals surface area contributed by atoms with Crippen molar-refractivity contribution in [1.29, 1.82) is 0 Å². The Morgan fingerprint density at radius 1 is 1.03 bits per heavy atom. The Morgan fingerprint density at radius 3 is 2.41 bits per heavy atom. The number of benzene rings is 1. The van der Waals surface area contributed by atoms with Crippen LogP contribution in [0.3, 0.4) is 0 Å². The first kappa shape index (κ1) is 21.6. The lowest BCUT2D eigenvalue weighted by molar-refractivity contribution is 0.122. The molecule has 0 amide bonds. The van der Waals surface area contributed by atoms with Crippen LogP contribution in [0.1, 0.15) is 37.8 Å². The third-order valence-corrected chi connectivity index (χ3v) is 7.57. The van der Waals surface area contributed by atoms with Gasteiger partial charge in [-0.1, -0.05) is 19.1 Å². The van der Waals surface area contributed by atoms with Gasteiger partial charge in [0.2, 0.25) is 0 Å². The molecule has 3 N–H and O–H groups in total. The van der Waals surface area contributed by atoms with Gasteiger partial charge in [0.25, 0.3) is 0 Å². The number of aryl methyl sites for hydroxylation is 1. The molecular weight excluding hydrogens is 428 g/mol. The maximum atomic E-state index is 5.63. The number of nitrogens with one attached hydrogen (secondary N) is 3. The highest BCUT2D eigenvalue weighted by molar-refractivity contribution is 5.85. The minimum absolute atomic E-state index is 0.557. The summed E-state index contributed by atoms with van der Waals surface area (Å²) in [6.07, 6.45) is 4.17. The average Bonchev–Trinajstić information content (AvgIpc) is 3.43.